The molecule has 34 heavy (non-hydrogen) atoms. The van der Waals surface area contributed by atoms with E-state index in [4.69, 9.17) is 17.4 Å². The molecule has 0 unspecified atom stereocenters. The molecular formula is C21H17ClF3N9. The molecule has 9 nitrogen and oxygen atoms in total. The van der Waals surface area contributed by atoms with Crippen LogP contribution in [0.1, 0.15) is 18.4 Å². The normalized spacial score (nSPS) is 14.1. The highest BCUT2D eigenvalue weighted by atomic mass is 35.5. The van der Waals surface area contributed by atoms with Crippen LogP contribution in [0.5, 0.6) is 0 Å². The van der Waals surface area contributed by atoms with Gasteiger partial charge >= 0.3 is 6.18 Å². The van der Waals surface area contributed by atoms with Gasteiger partial charge in [0.2, 0.25) is 0 Å². The minimum absolute atomic E-state index is 0.132. The lowest BCUT2D eigenvalue weighted by Crippen LogP contribution is -2.29. The summed E-state index contributed by atoms with van der Waals surface area (Å²) >= 11 is 6.15. The van der Waals surface area contributed by atoms with Crippen LogP contribution < -0.4 is 15.8 Å². The maximum Gasteiger partial charge on any atom is 0.419 e. The molecule has 0 aromatic carbocycles. The number of pyridine rings is 2. The van der Waals surface area contributed by atoms with Gasteiger partial charge in [-0.1, -0.05) is 11.6 Å². The van der Waals surface area contributed by atoms with Gasteiger partial charge in [-0.2, -0.15) is 13.2 Å². The molecule has 5 heterocycles. The lowest BCUT2D eigenvalue weighted by atomic mass is 10.2. The minimum Gasteiger partial charge on any atom is -0.356 e. The zero-order valence-electron chi connectivity index (χ0n) is 17.5. The minimum atomic E-state index is -4.53. The summed E-state index contributed by atoms with van der Waals surface area (Å²) in [6.07, 6.45) is 2.80. The molecule has 2 N–H and O–H groups in total. The number of anilines is 3. The van der Waals surface area contributed by atoms with E-state index in [-0.39, 0.29) is 17.3 Å². The summed E-state index contributed by atoms with van der Waals surface area (Å²) in [4.78, 5) is 27.0. The first-order chi connectivity index (χ1) is 16.3. The lowest BCUT2D eigenvalue weighted by molar-refractivity contribution is -0.137. The Morgan fingerprint density at radius 3 is 2.53 bits per heavy atom. The molecular weight excluding hydrogens is 471 g/mol. The number of alkyl halides is 3. The average molecular weight is 488 g/mol. The fraction of sp³-hybridized carbons (Fsp3) is 0.238. The Hall–Kier alpha value is -3.64. The van der Waals surface area contributed by atoms with Crippen LogP contribution in [0.25, 0.3) is 22.6 Å². The molecule has 0 spiro atoms. The molecule has 1 aliphatic rings. The maximum absolute atomic E-state index is 13.6. The second-order valence-corrected chi connectivity index (χ2v) is 7.99. The number of nitrogens with zero attached hydrogens (tertiary/aromatic N) is 8. The van der Waals surface area contributed by atoms with Crippen LogP contribution in [0.4, 0.5) is 30.5 Å². The molecule has 174 valence electrons. The highest BCUT2D eigenvalue weighted by Crippen LogP contribution is 2.38. The van der Waals surface area contributed by atoms with E-state index in [0.29, 0.717) is 40.7 Å². The van der Waals surface area contributed by atoms with Gasteiger partial charge in [0.25, 0.3) is 0 Å². The Balaban J connectivity index is 1.56. The van der Waals surface area contributed by atoms with Crippen molar-refractivity contribution in [3.8, 4) is 11.4 Å². The van der Waals surface area contributed by atoms with Crippen molar-refractivity contribution in [2.45, 2.75) is 19.0 Å². The smallest absolute Gasteiger partial charge is 0.356 e. The van der Waals surface area contributed by atoms with Gasteiger partial charge in [-0.05, 0) is 31.0 Å². The van der Waals surface area contributed by atoms with Crippen LogP contribution in [0.3, 0.4) is 0 Å². The van der Waals surface area contributed by atoms with Crippen LogP contribution in [-0.4, -0.2) is 43.0 Å². The number of hydrogen-bond acceptors (Lipinski definition) is 9. The predicted octanol–water partition coefficient (Wildman–Crippen LogP) is 4.16. The number of aromatic nitrogens is 6. The molecule has 0 aliphatic carbocycles. The summed E-state index contributed by atoms with van der Waals surface area (Å²) in [5.74, 6) is 6.31. The predicted molar refractivity (Wildman–Crippen MR) is 120 cm³/mol. The summed E-state index contributed by atoms with van der Waals surface area (Å²) < 4.78 is 40.8. The van der Waals surface area contributed by atoms with Gasteiger partial charge in [0, 0.05) is 25.5 Å². The van der Waals surface area contributed by atoms with Crippen LogP contribution in [0.2, 0.25) is 5.02 Å². The number of nitrogens with two attached hydrogens (primary N) is 1. The van der Waals surface area contributed by atoms with Crippen LogP contribution >= 0.6 is 11.6 Å². The first-order valence-electron chi connectivity index (χ1n) is 10.3. The van der Waals surface area contributed by atoms with E-state index in [2.05, 4.69) is 29.9 Å². The fourth-order valence-electron chi connectivity index (χ4n) is 3.80. The van der Waals surface area contributed by atoms with Crippen molar-refractivity contribution in [3.63, 3.8) is 0 Å². The molecule has 4 aromatic rings. The third kappa shape index (κ3) is 4.05. The molecule has 1 fully saturated rings. The van der Waals surface area contributed by atoms with Crippen LogP contribution in [0, 0.1) is 0 Å². The summed E-state index contributed by atoms with van der Waals surface area (Å²) in [5, 5.41) is 1.48. The van der Waals surface area contributed by atoms with Crippen molar-refractivity contribution in [2.75, 3.05) is 23.0 Å². The number of hydrazine groups is 1. The van der Waals surface area contributed by atoms with Crippen molar-refractivity contribution in [3.05, 3.63) is 53.7 Å². The summed E-state index contributed by atoms with van der Waals surface area (Å²) in [7, 11) is 0. The monoisotopic (exact) mass is 487 g/mol. The molecule has 0 saturated carbocycles. The van der Waals surface area contributed by atoms with Gasteiger partial charge in [-0.3, -0.25) is 5.01 Å². The van der Waals surface area contributed by atoms with Gasteiger partial charge < -0.3 is 4.90 Å². The number of halogens is 4. The first-order valence-corrected chi connectivity index (χ1v) is 10.7. The van der Waals surface area contributed by atoms with E-state index in [1.165, 1.54) is 36.0 Å². The topological polar surface area (TPSA) is 110 Å². The molecule has 0 atom stereocenters. The van der Waals surface area contributed by atoms with Crippen molar-refractivity contribution in [2.24, 2.45) is 5.84 Å². The van der Waals surface area contributed by atoms with Gasteiger partial charge in [-0.15, -0.1) is 0 Å². The Kier molecular flexibility index (Phi) is 5.62. The quantitative estimate of drug-likeness (QED) is 0.335. The van der Waals surface area contributed by atoms with Crippen LogP contribution in [-0.2, 0) is 6.18 Å². The summed E-state index contributed by atoms with van der Waals surface area (Å²) in [5.41, 5.74) is 0.949. The Morgan fingerprint density at radius 1 is 1.00 bits per heavy atom. The third-order valence-electron chi connectivity index (χ3n) is 5.41. The molecule has 4 aromatic heterocycles. The SMILES string of the molecule is NN(c1ccc(C(F)(F)F)c(N2CCCC2)n1)c1ccnc2nc(-c3ncncc3Cl)cnc12. The molecule has 0 radical (unpaired) electrons. The second-order valence-electron chi connectivity index (χ2n) is 7.58. The van der Waals surface area contributed by atoms with Crippen LogP contribution in [0.15, 0.2) is 43.1 Å². The second kappa shape index (κ2) is 8.61. The van der Waals surface area contributed by atoms with E-state index < -0.39 is 11.7 Å². The molecule has 13 heteroatoms. The number of hydrogen-bond donors (Lipinski definition) is 1. The number of rotatable bonds is 4. The van der Waals surface area contributed by atoms with Crippen molar-refractivity contribution in [1.29, 1.82) is 0 Å². The molecule has 0 bridgehead atoms. The summed E-state index contributed by atoms with van der Waals surface area (Å²) in [6, 6.07) is 3.82. The standard InChI is InChI=1S/C21H17ClF3N9/c22-13-9-27-11-30-17(13)14-10-29-18-15(5-6-28-19(18)31-14)34(26)16-4-3-12(21(23,24)25)20(32-16)33-7-1-2-8-33/h3-6,9-11H,1-2,7-8,26H2. The zero-order valence-corrected chi connectivity index (χ0v) is 18.3. The Labute approximate surface area is 196 Å². The number of fused-ring (bicyclic) bond motifs is 1. The lowest BCUT2D eigenvalue weighted by Gasteiger charge is -2.25. The van der Waals surface area contributed by atoms with Gasteiger partial charge in [0.1, 0.15) is 34.9 Å². The summed E-state index contributed by atoms with van der Waals surface area (Å²) in [6.45, 7) is 1.00. The molecule has 5 rings (SSSR count). The van der Waals surface area contributed by atoms with Gasteiger partial charge in [0.05, 0.1) is 22.5 Å². The fourth-order valence-corrected chi connectivity index (χ4v) is 4.01. The first kappa shape index (κ1) is 22.2. The van der Waals surface area contributed by atoms with E-state index >= 15 is 0 Å². The van der Waals surface area contributed by atoms with E-state index in [9.17, 15) is 13.2 Å². The molecule has 1 aliphatic heterocycles. The average Bonchev–Trinajstić information content (AvgIpc) is 3.37. The maximum atomic E-state index is 13.6. The van der Waals surface area contributed by atoms with E-state index in [1.807, 2.05) is 0 Å². The van der Waals surface area contributed by atoms with Gasteiger partial charge in [0.15, 0.2) is 5.65 Å². The highest BCUT2D eigenvalue weighted by Gasteiger charge is 2.37. The van der Waals surface area contributed by atoms with Crippen molar-refractivity contribution in [1.82, 2.24) is 29.9 Å². The molecule has 0 amide bonds. The Morgan fingerprint density at radius 2 is 1.79 bits per heavy atom. The van der Waals surface area contributed by atoms with Gasteiger partial charge in [-0.25, -0.2) is 35.7 Å². The van der Waals surface area contributed by atoms with E-state index in [1.54, 1.807) is 11.0 Å². The largest absolute Gasteiger partial charge is 0.419 e. The highest BCUT2D eigenvalue weighted by molar-refractivity contribution is 6.32. The molecule has 1 saturated heterocycles. The van der Waals surface area contributed by atoms with Crippen molar-refractivity contribution >= 4 is 40.1 Å². The van der Waals surface area contributed by atoms with Crippen molar-refractivity contribution < 1.29 is 13.2 Å². The Bertz CT molecular complexity index is 1360. The zero-order chi connectivity index (χ0) is 23.9. The van der Waals surface area contributed by atoms with E-state index in [0.717, 1.165) is 18.9 Å². The third-order valence-corrected chi connectivity index (χ3v) is 5.69.